The van der Waals surface area contributed by atoms with E-state index in [4.69, 9.17) is 4.74 Å². The third-order valence-corrected chi connectivity index (χ3v) is 5.72. The van der Waals surface area contributed by atoms with Gasteiger partial charge in [-0.1, -0.05) is 24.3 Å². The number of pyridine rings is 1. The average molecular weight is 439 g/mol. The largest absolute Gasteiger partial charge is 0.379 e. The summed E-state index contributed by atoms with van der Waals surface area (Å²) in [7, 11) is 0. The minimum absolute atomic E-state index is 0.309. The Morgan fingerprint density at radius 1 is 1.09 bits per heavy atom. The van der Waals surface area contributed by atoms with E-state index in [1.807, 2.05) is 12.1 Å². The van der Waals surface area contributed by atoms with Crippen LogP contribution < -0.4 is 5.32 Å². The molecule has 1 saturated heterocycles. The number of benzene rings is 1. The van der Waals surface area contributed by atoms with Gasteiger partial charge in [0.25, 0.3) is 0 Å². The van der Waals surface area contributed by atoms with Crippen LogP contribution in [-0.4, -0.2) is 55.6 Å². The lowest BCUT2D eigenvalue weighted by molar-refractivity contribution is 0.0198. The molecule has 1 unspecified atom stereocenters. The molecule has 0 saturated carbocycles. The molecule has 1 aliphatic heterocycles. The molecular formula is C22H23F2N7O. The lowest BCUT2D eigenvalue weighted by Gasteiger charge is -2.32. The van der Waals surface area contributed by atoms with E-state index in [1.165, 1.54) is 18.0 Å². The number of rotatable bonds is 6. The Labute approximate surface area is 183 Å². The minimum Gasteiger partial charge on any atom is -0.379 e. The smallest absolute Gasteiger partial charge is 0.333 e. The fourth-order valence-electron chi connectivity index (χ4n) is 3.94. The average Bonchev–Trinajstić information content (AvgIpc) is 3.46. The summed E-state index contributed by atoms with van der Waals surface area (Å²) >= 11 is 0. The number of aromatic nitrogens is 5. The van der Waals surface area contributed by atoms with Gasteiger partial charge in [-0.2, -0.15) is 18.9 Å². The number of hydrogen-bond acceptors (Lipinski definition) is 6. The monoisotopic (exact) mass is 439 g/mol. The molecule has 1 fully saturated rings. The number of halogens is 2. The normalized spacial score (nSPS) is 16.0. The Bertz CT molecular complexity index is 1200. The van der Waals surface area contributed by atoms with Crippen molar-refractivity contribution < 1.29 is 13.5 Å². The number of hydrogen-bond donors (Lipinski definition) is 1. The van der Waals surface area contributed by atoms with E-state index in [9.17, 15) is 8.78 Å². The van der Waals surface area contributed by atoms with Crippen LogP contribution in [-0.2, 0) is 4.74 Å². The van der Waals surface area contributed by atoms with Crippen LogP contribution >= 0.6 is 0 Å². The number of anilines is 2. The Hall–Kier alpha value is -3.37. The number of ether oxygens (including phenoxy) is 1. The first-order valence-electron chi connectivity index (χ1n) is 10.5. The molecule has 0 aliphatic carbocycles. The number of nitrogens with one attached hydrogen (secondary N) is 1. The summed E-state index contributed by atoms with van der Waals surface area (Å²) in [5, 5.41) is 11.0. The fraction of sp³-hybridized carbons (Fsp3) is 0.318. The minimum atomic E-state index is -2.69. The van der Waals surface area contributed by atoms with Crippen LogP contribution in [0, 0.1) is 0 Å². The second kappa shape index (κ2) is 8.64. The van der Waals surface area contributed by atoms with Gasteiger partial charge >= 0.3 is 6.55 Å². The first-order chi connectivity index (χ1) is 15.6. The van der Waals surface area contributed by atoms with E-state index >= 15 is 0 Å². The molecule has 4 heterocycles. The summed E-state index contributed by atoms with van der Waals surface area (Å²) in [6, 6.07) is 12.7. The van der Waals surface area contributed by atoms with Crippen LogP contribution in [0.2, 0.25) is 0 Å². The van der Waals surface area contributed by atoms with Crippen LogP contribution in [0.15, 0.2) is 55.0 Å². The second-order valence-corrected chi connectivity index (χ2v) is 7.68. The third-order valence-electron chi connectivity index (χ3n) is 5.72. The highest BCUT2D eigenvalue weighted by Gasteiger charge is 2.19. The van der Waals surface area contributed by atoms with Crippen molar-refractivity contribution >= 4 is 17.3 Å². The predicted molar refractivity (Wildman–Crippen MR) is 116 cm³/mol. The predicted octanol–water partition coefficient (Wildman–Crippen LogP) is 4.12. The van der Waals surface area contributed by atoms with Gasteiger partial charge in [0, 0.05) is 30.9 Å². The van der Waals surface area contributed by atoms with E-state index in [1.54, 1.807) is 10.7 Å². The highest BCUT2D eigenvalue weighted by atomic mass is 19.3. The summed E-state index contributed by atoms with van der Waals surface area (Å²) in [4.78, 5) is 6.99. The summed E-state index contributed by atoms with van der Waals surface area (Å²) in [6.07, 6.45) is 4.33. The van der Waals surface area contributed by atoms with Gasteiger partial charge in [-0.05, 0) is 30.2 Å². The SMILES string of the molecule is CC(c1ccc(-c2cccn3nc(Nc4cnn(C(F)F)c4)nc23)cc1)N1CCOCC1. The van der Waals surface area contributed by atoms with Gasteiger partial charge in [0.2, 0.25) is 5.95 Å². The van der Waals surface area contributed by atoms with E-state index in [-0.39, 0.29) is 0 Å². The van der Waals surface area contributed by atoms with Crippen molar-refractivity contribution in [2.24, 2.45) is 0 Å². The first-order valence-corrected chi connectivity index (χ1v) is 10.5. The standard InChI is InChI=1S/C22H23F2N7O/c1-15(29-9-11-32-12-10-29)16-4-6-17(7-5-16)19-3-2-8-30-20(19)27-22(28-30)26-18-13-25-31(14-18)21(23)24/h2-8,13-15,21H,9-12H2,1H3,(H,26,28). The second-order valence-electron chi connectivity index (χ2n) is 7.68. The first kappa shape index (κ1) is 20.5. The molecule has 0 amide bonds. The van der Waals surface area contributed by atoms with Crippen molar-refractivity contribution in [3.8, 4) is 11.1 Å². The topological polar surface area (TPSA) is 72.5 Å². The van der Waals surface area contributed by atoms with Crippen LogP contribution in [0.25, 0.3) is 16.8 Å². The molecule has 10 heteroatoms. The summed E-state index contributed by atoms with van der Waals surface area (Å²) < 4.78 is 33.2. The molecule has 4 aromatic rings. The number of fused-ring (bicyclic) bond motifs is 1. The third kappa shape index (κ3) is 4.06. The number of alkyl halides is 2. The lowest BCUT2D eigenvalue weighted by Crippen LogP contribution is -2.37. The van der Waals surface area contributed by atoms with Gasteiger partial charge in [-0.3, -0.25) is 4.90 Å². The zero-order valence-corrected chi connectivity index (χ0v) is 17.5. The van der Waals surface area contributed by atoms with Gasteiger partial charge in [0.05, 0.1) is 31.3 Å². The summed E-state index contributed by atoms with van der Waals surface area (Å²) in [5.74, 6) is 0.309. The summed E-state index contributed by atoms with van der Waals surface area (Å²) in [6.45, 7) is 2.95. The molecule has 8 nitrogen and oxygen atoms in total. The number of morpholine rings is 1. The van der Waals surface area contributed by atoms with Gasteiger partial charge < -0.3 is 10.1 Å². The van der Waals surface area contributed by atoms with Crippen LogP contribution in [0.5, 0.6) is 0 Å². The number of nitrogens with zero attached hydrogens (tertiary/aromatic N) is 6. The van der Waals surface area contributed by atoms with E-state index in [2.05, 4.69) is 56.6 Å². The maximum absolute atomic E-state index is 12.7. The Balaban J connectivity index is 1.39. The molecule has 5 rings (SSSR count). The zero-order valence-electron chi connectivity index (χ0n) is 17.5. The molecule has 1 atom stereocenters. The van der Waals surface area contributed by atoms with Crippen molar-refractivity contribution in [2.45, 2.75) is 19.5 Å². The van der Waals surface area contributed by atoms with Crippen LogP contribution in [0.3, 0.4) is 0 Å². The van der Waals surface area contributed by atoms with Gasteiger partial charge in [-0.25, -0.2) is 9.20 Å². The molecule has 0 bridgehead atoms. The molecule has 1 N–H and O–H groups in total. The molecule has 1 aliphatic rings. The molecule has 1 aromatic carbocycles. The molecular weight excluding hydrogens is 416 g/mol. The van der Waals surface area contributed by atoms with Crippen molar-refractivity contribution in [1.29, 1.82) is 0 Å². The Kier molecular flexibility index (Phi) is 5.54. The highest BCUT2D eigenvalue weighted by molar-refractivity contribution is 5.78. The molecule has 3 aromatic heterocycles. The van der Waals surface area contributed by atoms with Crippen LogP contribution in [0.1, 0.15) is 25.1 Å². The highest BCUT2D eigenvalue weighted by Crippen LogP contribution is 2.28. The Morgan fingerprint density at radius 2 is 1.88 bits per heavy atom. The molecule has 0 spiro atoms. The maximum atomic E-state index is 12.7. The quantitative estimate of drug-likeness (QED) is 0.487. The molecule has 32 heavy (non-hydrogen) atoms. The molecule has 166 valence electrons. The fourth-order valence-corrected chi connectivity index (χ4v) is 3.94. The van der Waals surface area contributed by atoms with Crippen molar-refractivity contribution in [1.82, 2.24) is 29.3 Å². The van der Waals surface area contributed by atoms with E-state index in [0.717, 1.165) is 37.4 Å². The van der Waals surface area contributed by atoms with Gasteiger partial charge in [0.1, 0.15) is 0 Å². The van der Waals surface area contributed by atoms with Gasteiger partial charge in [-0.15, -0.1) is 5.10 Å². The maximum Gasteiger partial charge on any atom is 0.333 e. The molecule has 0 radical (unpaired) electrons. The summed E-state index contributed by atoms with van der Waals surface area (Å²) in [5.41, 5.74) is 4.27. The van der Waals surface area contributed by atoms with E-state index in [0.29, 0.717) is 28.0 Å². The van der Waals surface area contributed by atoms with Crippen molar-refractivity contribution in [2.75, 3.05) is 31.6 Å². The zero-order chi connectivity index (χ0) is 22.1. The Morgan fingerprint density at radius 3 is 2.59 bits per heavy atom. The lowest BCUT2D eigenvalue weighted by atomic mass is 10.0. The van der Waals surface area contributed by atoms with Gasteiger partial charge in [0.15, 0.2) is 5.65 Å². The van der Waals surface area contributed by atoms with E-state index < -0.39 is 6.55 Å². The van der Waals surface area contributed by atoms with Crippen molar-refractivity contribution in [3.63, 3.8) is 0 Å². The van der Waals surface area contributed by atoms with Crippen LogP contribution in [0.4, 0.5) is 20.4 Å². The van der Waals surface area contributed by atoms with Crippen molar-refractivity contribution in [3.05, 3.63) is 60.6 Å².